The Morgan fingerprint density at radius 1 is 1.03 bits per heavy atom. The third-order valence-corrected chi connectivity index (χ3v) is 4.43. The first kappa shape index (κ1) is 20.3. The molecule has 0 unspecified atom stereocenters. The summed E-state index contributed by atoms with van der Waals surface area (Å²) in [5.74, 6) is 0.111. The second kappa shape index (κ2) is 8.02. The second-order valence-corrected chi connectivity index (χ2v) is 6.97. The quantitative estimate of drug-likeness (QED) is 0.327. The predicted octanol–water partition coefficient (Wildman–Crippen LogP) is 5.00. The minimum atomic E-state index is -0.549. The Hall–Kier alpha value is -4.01. The number of halogens is 1. The highest BCUT2D eigenvalue weighted by atomic mass is 19.1. The first-order valence-electron chi connectivity index (χ1n) is 9.34. The van der Waals surface area contributed by atoms with Crippen LogP contribution in [0.3, 0.4) is 0 Å². The SMILES string of the molecule is CC(=O)OOc1c(C)cc(-c2nc3cnc(Oc4ccc(C)c(F)c4)nc3o2)cc1C. The maximum Gasteiger partial charge on any atom is 0.352 e. The zero-order valence-electron chi connectivity index (χ0n) is 17.2. The lowest BCUT2D eigenvalue weighted by molar-refractivity contribution is -0.211. The van der Waals surface area contributed by atoms with E-state index < -0.39 is 5.97 Å². The average molecular weight is 423 g/mol. The summed E-state index contributed by atoms with van der Waals surface area (Å²) in [6, 6.07) is 8.08. The van der Waals surface area contributed by atoms with Crippen molar-refractivity contribution in [1.82, 2.24) is 15.0 Å². The molecule has 0 fully saturated rings. The highest BCUT2D eigenvalue weighted by molar-refractivity contribution is 5.73. The molecule has 0 bridgehead atoms. The van der Waals surface area contributed by atoms with E-state index in [1.807, 2.05) is 13.8 Å². The van der Waals surface area contributed by atoms with E-state index in [0.717, 1.165) is 11.1 Å². The molecule has 0 amide bonds. The number of carbonyl (C=O) groups is 1. The summed E-state index contributed by atoms with van der Waals surface area (Å²) in [4.78, 5) is 33.4. The van der Waals surface area contributed by atoms with E-state index in [1.165, 1.54) is 19.2 Å². The van der Waals surface area contributed by atoms with Gasteiger partial charge >= 0.3 is 12.0 Å². The van der Waals surface area contributed by atoms with Gasteiger partial charge in [0, 0.05) is 18.6 Å². The lowest BCUT2D eigenvalue weighted by Gasteiger charge is -2.10. The monoisotopic (exact) mass is 423 g/mol. The molecular formula is C22H18FN3O5. The van der Waals surface area contributed by atoms with E-state index >= 15 is 0 Å². The van der Waals surface area contributed by atoms with Crippen molar-refractivity contribution in [2.45, 2.75) is 27.7 Å². The van der Waals surface area contributed by atoms with Crippen LogP contribution in [0.2, 0.25) is 0 Å². The third kappa shape index (κ3) is 4.30. The Labute approximate surface area is 176 Å². The van der Waals surface area contributed by atoms with Gasteiger partial charge in [-0.3, -0.25) is 9.78 Å². The normalized spacial score (nSPS) is 10.9. The third-order valence-electron chi connectivity index (χ3n) is 4.43. The molecule has 0 saturated carbocycles. The second-order valence-electron chi connectivity index (χ2n) is 6.97. The molecule has 2 heterocycles. The van der Waals surface area contributed by atoms with Gasteiger partial charge in [0.05, 0.1) is 6.20 Å². The molecule has 4 rings (SSSR count). The van der Waals surface area contributed by atoms with Gasteiger partial charge in [-0.25, -0.2) is 19.2 Å². The topological polar surface area (TPSA) is 96.6 Å². The number of rotatable bonds is 5. The minimum Gasteiger partial charge on any atom is -0.424 e. The summed E-state index contributed by atoms with van der Waals surface area (Å²) in [5.41, 5.74) is 3.32. The molecule has 0 spiro atoms. The van der Waals surface area contributed by atoms with Crippen LogP contribution < -0.4 is 9.62 Å². The zero-order chi connectivity index (χ0) is 22.1. The van der Waals surface area contributed by atoms with Crippen LogP contribution >= 0.6 is 0 Å². The van der Waals surface area contributed by atoms with Crippen LogP contribution in [0, 0.1) is 26.6 Å². The van der Waals surface area contributed by atoms with Crippen molar-refractivity contribution in [1.29, 1.82) is 0 Å². The Morgan fingerprint density at radius 3 is 2.45 bits per heavy atom. The lowest BCUT2D eigenvalue weighted by Crippen LogP contribution is -2.05. The lowest BCUT2D eigenvalue weighted by atomic mass is 10.1. The maximum atomic E-state index is 13.7. The van der Waals surface area contributed by atoms with Crippen molar-refractivity contribution in [2.24, 2.45) is 0 Å². The fourth-order valence-electron chi connectivity index (χ4n) is 2.94. The Balaban J connectivity index is 1.62. The van der Waals surface area contributed by atoms with Gasteiger partial charge in [-0.2, -0.15) is 4.98 Å². The molecular weight excluding hydrogens is 405 g/mol. The van der Waals surface area contributed by atoms with Gasteiger partial charge in [0.25, 0.3) is 5.71 Å². The number of oxazole rings is 1. The number of hydrogen-bond donors (Lipinski definition) is 0. The van der Waals surface area contributed by atoms with Crippen LogP contribution in [0.1, 0.15) is 23.6 Å². The maximum absolute atomic E-state index is 13.7. The molecule has 158 valence electrons. The van der Waals surface area contributed by atoms with Crippen LogP contribution in [0.15, 0.2) is 40.9 Å². The first-order chi connectivity index (χ1) is 14.8. The van der Waals surface area contributed by atoms with Gasteiger partial charge < -0.3 is 9.15 Å². The van der Waals surface area contributed by atoms with Gasteiger partial charge in [-0.1, -0.05) is 6.07 Å². The Kier molecular flexibility index (Phi) is 5.24. The van der Waals surface area contributed by atoms with E-state index in [1.54, 1.807) is 31.2 Å². The molecule has 4 aromatic rings. The van der Waals surface area contributed by atoms with E-state index in [2.05, 4.69) is 19.8 Å². The van der Waals surface area contributed by atoms with Crippen molar-refractivity contribution in [2.75, 3.05) is 0 Å². The van der Waals surface area contributed by atoms with Gasteiger partial charge in [-0.05, 0) is 55.7 Å². The van der Waals surface area contributed by atoms with Crippen LogP contribution in [-0.4, -0.2) is 20.9 Å². The molecule has 0 aliphatic rings. The molecule has 0 aliphatic carbocycles. The smallest absolute Gasteiger partial charge is 0.352 e. The van der Waals surface area contributed by atoms with Gasteiger partial charge in [0.1, 0.15) is 17.1 Å². The molecule has 8 nitrogen and oxygen atoms in total. The molecule has 0 saturated heterocycles. The van der Waals surface area contributed by atoms with Crippen LogP contribution in [0.4, 0.5) is 4.39 Å². The minimum absolute atomic E-state index is 0.0101. The fourth-order valence-corrected chi connectivity index (χ4v) is 2.94. The van der Waals surface area contributed by atoms with Gasteiger partial charge in [-0.15, -0.1) is 0 Å². The number of ether oxygens (including phenoxy) is 1. The van der Waals surface area contributed by atoms with Crippen molar-refractivity contribution in [3.05, 3.63) is 59.0 Å². The molecule has 0 radical (unpaired) electrons. The first-order valence-corrected chi connectivity index (χ1v) is 9.34. The van der Waals surface area contributed by atoms with Gasteiger partial charge in [0.15, 0.2) is 5.75 Å². The number of hydrogen-bond acceptors (Lipinski definition) is 8. The van der Waals surface area contributed by atoms with Crippen molar-refractivity contribution < 1.29 is 28.1 Å². The number of benzene rings is 2. The summed E-state index contributed by atoms with van der Waals surface area (Å²) in [6.45, 7) is 6.54. The average Bonchev–Trinajstić information content (AvgIpc) is 3.13. The summed E-state index contributed by atoms with van der Waals surface area (Å²) < 4.78 is 25.0. The number of carbonyl (C=O) groups excluding carboxylic acids is 1. The molecule has 31 heavy (non-hydrogen) atoms. The van der Waals surface area contributed by atoms with E-state index in [-0.39, 0.29) is 23.3 Å². The number of nitrogens with zero attached hydrogens (tertiary/aromatic N) is 3. The predicted molar refractivity (Wildman–Crippen MR) is 108 cm³/mol. The molecule has 0 N–H and O–H groups in total. The molecule has 0 aliphatic heterocycles. The molecule has 2 aromatic heterocycles. The number of fused-ring (bicyclic) bond motifs is 1. The Morgan fingerprint density at radius 2 is 1.77 bits per heavy atom. The summed E-state index contributed by atoms with van der Waals surface area (Å²) in [7, 11) is 0. The highest BCUT2D eigenvalue weighted by Crippen LogP contribution is 2.32. The number of aryl methyl sites for hydroxylation is 3. The van der Waals surface area contributed by atoms with Crippen LogP contribution in [-0.2, 0) is 9.68 Å². The Bertz CT molecular complexity index is 1280. The van der Waals surface area contributed by atoms with Crippen LogP contribution in [0.25, 0.3) is 22.7 Å². The van der Waals surface area contributed by atoms with E-state index in [4.69, 9.17) is 14.0 Å². The molecule has 9 heteroatoms. The van der Waals surface area contributed by atoms with Crippen LogP contribution in [0.5, 0.6) is 17.5 Å². The molecule has 2 aromatic carbocycles. The fraction of sp³-hybridized carbons (Fsp3) is 0.182. The van der Waals surface area contributed by atoms with Crippen molar-refractivity contribution in [3.63, 3.8) is 0 Å². The largest absolute Gasteiger partial charge is 0.424 e. The van der Waals surface area contributed by atoms with Crippen molar-refractivity contribution in [3.8, 4) is 29.0 Å². The summed E-state index contributed by atoms with van der Waals surface area (Å²) in [5, 5.41) is 0. The summed E-state index contributed by atoms with van der Waals surface area (Å²) in [6.07, 6.45) is 1.47. The highest BCUT2D eigenvalue weighted by Gasteiger charge is 2.16. The summed E-state index contributed by atoms with van der Waals surface area (Å²) >= 11 is 0. The van der Waals surface area contributed by atoms with E-state index in [9.17, 15) is 9.18 Å². The van der Waals surface area contributed by atoms with Gasteiger partial charge in [0.2, 0.25) is 5.89 Å². The zero-order valence-corrected chi connectivity index (χ0v) is 17.2. The van der Waals surface area contributed by atoms with E-state index in [0.29, 0.717) is 28.3 Å². The van der Waals surface area contributed by atoms with Crippen molar-refractivity contribution >= 4 is 17.2 Å². The number of aromatic nitrogens is 3. The standard InChI is InChI=1S/C22H18FN3O5/c1-11-5-6-16(9-17(11)23)28-22-24-10-18-21(26-22)29-20(25-18)15-7-12(2)19(13(3)8-15)31-30-14(4)27/h5-10H,1-4H3. The molecule has 0 atom stereocenters.